The number of ether oxygens (including phenoxy) is 1. The summed E-state index contributed by atoms with van der Waals surface area (Å²) in [4.78, 5) is 39.0. The molecule has 2 aliphatic heterocycles. The van der Waals surface area contributed by atoms with E-state index in [4.69, 9.17) is 9.15 Å². The van der Waals surface area contributed by atoms with Gasteiger partial charge in [0.1, 0.15) is 16.7 Å². The van der Waals surface area contributed by atoms with Crippen LogP contribution >= 0.6 is 0 Å². The minimum Gasteiger partial charge on any atom is -0.450 e. The average molecular weight is 375 g/mol. The minimum absolute atomic E-state index is 0.0264. The van der Waals surface area contributed by atoms with E-state index in [-0.39, 0.29) is 17.4 Å². The minimum atomic E-state index is -0.682. The third kappa shape index (κ3) is 2.45. The summed E-state index contributed by atoms with van der Waals surface area (Å²) in [5.41, 5.74) is 0.643. The fourth-order valence-corrected chi connectivity index (χ4v) is 4.17. The van der Waals surface area contributed by atoms with Crippen molar-refractivity contribution in [2.75, 3.05) is 13.1 Å². The lowest BCUT2D eigenvalue weighted by molar-refractivity contribution is -0.0390. The van der Waals surface area contributed by atoms with Gasteiger partial charge in [0.2, 0.25) is 0 Å². The topological polar surface area (TPSA) is 76.8 Å². The first-order valence-electron chi connectivity index (χ1n) is 9.22. The molecule has 28 heavy (non-hydrogen) atoms. The first kappa shape index (κ1) is 16.7. The van der Waals surface area contributed by atoms with E-state index in [1.807, 2.05) is 24.3 Å². The maximum Gasteiger partial charge on any atom is 0.349 e. The van der Waals surface area contributed by atoms with Crippen molar-refractivity contribution in [3.05, 3.63) is 81.7 Å². The van der Waals surface area contributed by atoms with Crippen LogP contribution in [0.5, 0.6) is 0 Å². The SMILES string of the molecule is O=C1OC2(CCN(C(=O)c3cc4ccccc4oc3=O)CC2)c2ccccc21. The summed E-state index contributed by atoms with van der Waals surface area (Å²) in [6.45, 7) is 0.791. The third-order valence-corrected chi connectivity index (χ3v) is 5.66. The summed E-state index contributed by atoms with van der Waals surface area (Å²) < 4.78 is 11.0. The van der Waals surface area contributed by atoms with E-state index in [2.05, 4.69) is 0 Å². The highest BCUT2D eigenvalue weighted by atomic mass is 16.6. The van der Waals surface area contributed by atoms with Gasteiger partial charge in [-0.3, -0.25) is 4.79 Å². The molecule has 1 amide bonds. The largest absolute Gasteiger partial charge is 0.450 e. The van der Waals surface area contributed by atoms with Crippen LogP contribution in [0, 0.1) is 0 Å². The molecular formula is C22H17NO5. The number of benzene rings is 2. The zero-order valence-corrected chi connectivity index (χ0v) is 15.0. The molecule has 1 fully saturated rings. The number of amides is 1. The van der Waals surface area contributed by atoms with Gasteiger partial charge in [0.15, 0.2) is 0 Å². The quantitative estimate of drug-likeness (QED) is 0.483. The van der Waals surface area contributed by atoms with Crippen LogP contribution in [-0.4, -0.2) is 29.9 Å². The van der Waals surface area contributed by atoms with Crippen LogP contribution in [0.3, 0.4) is 0 Å². The molecule has 1 saturated heterocycles. The van der Waals surface area contributed by atoms with E-state index >= 15 is 0 Å². The Balaban J connectivity index is 1.41. The Morgan fingerprint density at radius 3 is 2.50 bits per heavy atom. The lowest BCUT2D eigenvalue weighted by atomic mass is 9.83. The van der Waals surface area contributed by atoms with Crippen LogP contribution in [0.1, 0.15) is 39.1 Å². The van der Waals surface area contributed by atoms with Crippen LogP contribution in [0.2, 0.25) is 0 Å². The second kappa shape index (κ2) is 6.05. The monoisotopic (exact) mass is 375 g/mol. The number of esters is 1. The van der Waals surface area contributed by atoms with Crippen LogP contribution in [0.4, 0.5) is 0 Å². The van der Waals surface area contributed by atoms with Crippen molar-refractivity contribution in [3.8, 4) is 0 Å². The van der Waals surface area contributed by atoms with Gasteiger partial charge in [-0.25, -0.2) is 9.59 Å². The molecule has 140 valence electrons. The Morgan fingerprint density at radius 1 is 0.964 bits per heavy atom. The molecule has 1 spiro atoms. The maximum absolute atomic E-state index is 12.9. The van der Waals surface area contributed by atoms with Crippen LogP contribution in [0.15, 0.2) is 63.8 Å². The normalized spacial score (nSPS) is 17.6. The number of nitrogens with zero attached hydrogens (tertiary/aromatic N) is 1. The fourth-order valence-electron chi connectivity index (χ4n) is 4.17. The Bertz CT molecular complexity index is 1170. The highest BCUT2D eigenvalue weighted by molar-refractivity contribution is 5.97. The van der Waals surface area contributed by atoms with E-state index in [1.165, 1.54) is 0 Å². The lowest BCUT2D eigenvalue weighted by Gasteiger charge is -2.38. The van der Waals surface area contributed by atoms with Gasteiger partial charge in [0.05, 0.1) is 5.56 Å². The van der Waals surface area contributed by atoms with Gasteiger partial charge in [0, 0.05) is 36.9 Å². The third-order valence-electron chi connectivity index (χ3n) is 5.66. The number of fused-ring (bicyclic) bond motifs is 3. The number of rotatable bonds is 1. The van der Waals surface area contributed by atoms with Crippen LogP contribution in [0.25, 0.3) is 11.0 Å². The predicted octanol–water partition coefficient (Wildman–Crippen LogP) is 3.09. The summed E-state index contributed by atoms with van der Waals surface area (Å²) in [7, 11) is 0. The molecule has 0 radical (unpaired) electrons. The van der Waals surface area contributed by atoms with Gasteiger partial charge in [-0.1, -0.05) is 36.4 Å². The summed E-state index contributed by atoms with van der Waals surface area (Å²) in [6, 6.07) is 16.1. The highest BCUT2D eigenvalue weighted by Gasteiger charge is 2.47. The molecule has 6 nitrogen and oxygen atoms in total. The Kier molecular flexibility index (Phi) is 3.62. The number of carbonyl (C=O) groups excluding carboxylic acids is 2. The molecule has 1 aromatic heterocycles. The standard InChI is InChI=1S/C22H17NO5/c24-19(16-13-14-5-1-4-8-18(14)27-20(16)25)23-11-9-22(10-12-23)17-7-3-2-6-15(17)21(26)28-22/h1-8,13H,9-12H2. The number of hydrogen-bond donors (Lipinski definition) is 0. The van der Waals surface area contributed by atoms with Gasteiger partial charge >= 0.3 is 11.6 Å². The second-order valence-corrected chi connectivity index (χ2v) is 7.21. The molecular weight excluding hydrogens is 358 g/mol. The lowest BCUT2D eigenvalue weighted by Crippen LogP contribution is -2.46. The van der Waals surface area contributed by atoms with E-state index in [9.17, 15) is 14.4 Å². The number of likely N-dealkylation sites (tertiary alicyclic amines) is 1. The van der Waals surface area contributed by atoms with Gasteiger partial charge in [-0.05, 0) is 18.2 Å². The molecule has 2 aliphatic rings. The molecule has 0 saturated carbocycles. The molecule has 3 heterocycles. The van der Waals surface area contributed by atoms with Gasteiger partial charge in [-0.2, -0.15) is 0 Å². The first-order chi connectivity index (χ1) is 13.6. The van der Waals surface area contributed by atoms with Crippen molar-refractivity contribution < 1.29 is 18.7 Å². The van der Waals surface area contributed by atoms with Crippen molar-refractivity contribution in [3.63, 3.8) is 0 Å². The molecule has 0 aliphatic carbocycles. The summed E-state index contributed by atoms with van der Waals surface area (Å²) >= 11 is 0. The smallest absolute Gasteiger partial charge is 0.349 e. The summed E-state index contributed by atoms with van der Waals surface area (Å²) in [6.07, 6.45) is 1.00. The van der Waals surface area contributed by atoms with Gasteiger partial charge < -0.3 is 14.1 Å². The zero-order chi connectivity index (χ0) is 19.3. The van der Waals surface area contributed by atoms with Crippen molar-refractivity contribution in [1.82, 2.24) is 4.90 Å². The first-order valence-corrected chi connectivity index (χ1v) is 9.22. The van der Waals surface area contributed by atoms with Crippen LogP contribution in [-0.2, 0) is 10.3 Å². The van der Waals surface area contributed by atoms with Crippen molar-refractivity contribution >= 4 is 22.8 Å². The van der Waals surface area contributed by atoms with E-state index in [0.29, 0.717) is 42.5 Å². The van der Waals surface area contributed by atoms with Crippen molar-refractivity contribution in [2.24, 2.45) is 0 Å². The Hall–Kier alpha value is -3.41. The second-order valence-electron chi connectivity index (χ2n) is 7.21. The van der Waals surface area contributed by atoms with E-state index < -0.39 is 11.2 Å². The van der Waals surface area contributed by atoms with E-state index in [0.717, 1.165) is 5.56 Å². The van der Waals surface area contributed by atoms with E-state index in [1.54, 1.807) is 35.2 Å². The summed E-state index contributed by atoms with van der Waals surface area (Å²) in [5.74, 6) is -0.669. The Labute approximate surface area is 160 Å². The maximum atomic E-state index is 12.9. The molecule has 0 bridgehead atoms. The van der Waals surface area contributed by atoms with Crippen molar-refractivity contribution in [2.45, 2.75) is 18.4 Å². The average Bonchev–Trinajstić information content (AvgIpc) is 2.99. The number of hydrogen-bond acceptors (Lipinski definition) is 5. The molecule has 0 atom stereocenters. The van der Waals surface area contributed by atoms with Crippen LogP contribution < -0.4 is 5.63 Å². The molecule has 6 heteroatoms. The fraction of sp³-hybridized carbons (Fsp3) is 0.227. The molecule has 0 N–H and O–H groups in total. The summed E-state index contributed by atoms with van der Waals surface area (Å²) in [5, 5.41) is 0.706. The van der Waals surface area contributed by atoms with Gasteiger partial charge in [0.25, 0.3) is 5.91 Å². The highest BCUT2D eigenvalue weighted by Crippen LogP contribution is 2.44. The number of piperidine rings is 1. The zero-order valence-electron chi connectivity index (χ0n) is 15.0. The Morgan fingerprint density at radius 2 is 1.68 bits per heavy atom. The van der Waals surface area contributed by atoms with Gasteiger partial charge in [-0.15, -0.1) is 0 Å². The molecule has 3 aromatic rings. The number of para-hydroxylation sites is 1. The predicted molar refractivity (Wildman–Crippen MR) is 101 cm³/mol. The van der Waals surface area contributed by atoms with Crippen molar-refractivity contribution in [1.29, 1.82) is 0 Å². The molecule has 0 unspecified atom stereocenters. The molecule has 5 rings (SSSR count). The molecule has 2 aromatic carbocycles. The number of carbonyl (C=O) groups is 2.